The zero-order valence-electron chi connectivity index (χ0n) is 9.55. The molecule has 0 radical (unpaired) electrons. The van der Waals surface area contributed by atoms with Gasteiger partial charge in [0.1, 0.15) is 12.1 Å². The quantitative estimate of drug-likeness (QED) is 0.515. The molecule has 1 aromatic rings. The van der Waals surface area contributed by atoms with E-state index in [1.807, 2.05) is 0 Å². The first-order valence-electron chi connectivity index (χ1n) is 5.04. The van der Waals surface area contributed by atoms with Gasteiger partial charge < -0.3 is 15.9 Å². The Morgan fingerprint density at radius 1 is 1.11 bits per heavy atom. The monoisotopic (exact) mass is 288 g/mol. The Morgan fingerprint density at radius 2 is 1.63 bits per heavy atom. The Balaban J connectivity index is 3.04. The molecule has 0 spiro atoms. The van der Waals surface area contributed by atoms with Crippen molar-refractivity contribution in [1.82, 2.24) is 4.72 Å². The van der Waals surface area contributed by atoms with E-state index in [2.05, 4.69) is 0 Å². The van der Waals surface area contributed by atoms with Gasteiger partial charge in [0, 0.05) is 0 Å². The highest BCUT2D eigenvalue weighted by Gasteiger charge is 2.34. The second-order valence-electron chi connectivity index (χ2n) is 3.61. The first kappa shape index (κ1) is 15.1. The minimum atomic E-state index is -4.16. The molecule has 2 unspecified atom stereocenters. The summed E-state index contributed by atoms with van der Waals surface area (Å²) in [6, 6.07) is 3.11. The van der Waals surface area contributed by atoms with Crippen molar-refractivity contribution in [3.05, 3.63) is 30.3 Å². The zero-order chi connectivity index (χ0) is 14.6. The van der Waals surface area contributed by atoms with Gasteiger partial charge >= 0.3 is 11.9 Å². The fourth-order valence-corrected chi connectivity index (χ4v) is 2.49. The van der Waals surface area contributed by atoms with Crippen molar-refractivity contribution in [2.75, 3.05) is 0 Å². The third-order valence-electron chi connectivity index (χ3n) is 2.25. The molecule has 0 aliphatic heterocycles. The lowest BCUT2D eigenvalue weighted by atomic mass is 10.1. The molecule has 8 nitrogen and oxygen atoms in total. The topological polar surface area (TPSA) is 147 Å². The maximum Gasteiger partial charge on any atom is 0.323 e. The third-order valence-corrected chi connectivity index (χ3v) is 3.70. The van der Waals surface area contributed by atoms with Gasteiger partial charge in [0.15, 0.2) is 0 Å². The molecule has 0 bridgehead atoms. The van der Waals surface area contributed by atoms with E-state index in [0.29, 0.717) is 0 Å². The molecule has 0 amide bonds. The lowest BCUT2D eigenvalue weighted by molar-refractivity contribution is -0.146. The van der Waals surface area contributed by atoms with Gasteiger partial charge in [-0.15, -0.1) is 0 Å². The molecule has 0 heterocycles. The molecule has 104 valence electrons. The number of nitrogens with two attached hydrogens (primary N) is 1. The smallest absolute Gasteiger partial charge is 0.323 e. The van der Waals surface area contributed by atoms with Crippen LogP contribution in [0.25, 0.3) is 0 Å². The normalized spacial score (nSPS) is 14.6. The van der Waals surface area contributed by atoms with Crippen LogP contribution in [0.5, 0.6) is 0 Å². The predicted molar refractivity (Wildman–Crippen MR) is 63.8 cm³/mol. The first-order chi connectivity index (χ1) is 8.75. The van der Waals surface area contributed by atoms with E-state index in [1.165, 1.54) is 24.3 Å². The summed E-state index contributed by atoms with van der Waals surface area (Å²) in [7, 11) is -4.16. The fourth-order valence-electron chi connectivity index (χ4n) is 1.25. The van der Waals surface area contributed by atoms with Crippen molar-refractivity contribution < 1.29 is 28.2 Å². The number of rotatable bonds is 6. The largest absolute Gasteiger partial charge is 0.480 e. The van der Waals surface area contributed by atoms with Gasteiger partial charge in [0.25, 0.3) is 0 Å². The molecule has 19 heavy (non-hydrogen) atoms. The summed E-state index contributed by atoms with van der Waals surface area (Å²) in [5.74, 6) is -3.29. The minimum absolute atomic E-state index is 0.182. The van der Waals surface area contributed by atoms with Gasteiger partial charge in [-0.05, 0) is 12.1 Å². The van der Waals surface area contributed by atoms with Crippen molar-refractivity contribution in [1.29, 1.82) is 0 Å². The third kappa shape index (κ3) is 3.74. The van der Waals surface area contributed by atoms with Crippen LogP contribution in [0.4, 0.5) is 0 Å². The fraction of sp³-hybridized carbons (Fsp3) is 0.200. The predicted octanol–water partition coefficient (Wildman–Crippen LogP) is -1.17. The minimum Gasteiger partial charge on any atom is -0.480 e. The number of hydrogen-bond acceptors (Lipinski definition) is 5. The molecule has 2 atom stereocenters. The van der Waals surface area contributed by atoms with E-state index in [-0.39, 0.29) is 4.90 Å². The summed E-state index contributed by atoms with van der Waals surface area (Å²) < 4.78 is 25.5. The first-order valence-corrected chi connectivity index (χ1v) is 6.52. The molecule has 0 fully saturated rings. The Labute approximate surface area is 108 Å². The summed E-state index contributed by atoms with van der Waals surface area (Å²) >= 11 is 0. The summed E-state index contributed by atoms with van der Waals surface area (Å²) in [6.45, 7) is 0. The van der Waals surface area contributed by atoms with Crippen LogP contribution < -0.4 is 10.5 Å². The molecule has 9 heteroatoms. The molecule has 0 saturated carbocycles. The van der Waals surface area contributed by atoms with E-state index < -0.39 is 34.0 Å². The number of aliphatic carboxylic acids is 2. The van der Waals surface area contributed by atoms with Crippen LogP contribution in [0.15, 0.2) is 35.2 Å². The van der Waals surface area contributed by atoms with Crippen LogP contribution in [-0.2, 0) is 19.6 Å². The molecule has 0 aliphatic carbocycles. The molecule has 0 aromatic heterocycles. The van der Waals surface area contributed by atoms with Gasteiger partial charge in [-0.25, -0.2) is 8.42 Å². The molecule has 1 aromatic carbocycles. The van der Waals surface area contributed by atoms with Gasteiger partial charge in [-0.1, -0.05) is 18.2 Å². The van der Waals surface area contributed by atoms with E-state index in [9.17, 15) is 18.0 Å². The number of carbonyl (C=O) groups is 2. The molecular weight excluding hydrogens is 276 g/mol. The zero-order valence-corrected chi connectivity index (χ0v) is 10.4. The van der Waals surface area contributed by atoms with Crippen LogP contribution >= 0.6 is 0 Å². The molecule has 5 N–H and O–H groups in total. The van der Waals surface area contributed by atoms with Crippen LogP contribution in [0.3, 0.4) is 0 Å². The molecule has 1 rings (SSSR count). The maximum atomic E-state index is 11.9. The van der Waals surface area contributed by atoms with Crippen molar-refractivity contribution in [3.8, 4) is 0 Å². The highest BCUT2D eigenvalue weighted by Crippen LogP contribution is 2.09. The summed E-state index contributed by atoms with van der Waals surface area (Å²) in [6.07, 6.45) is 0. The van der Waals surface area contributed by atoms with Crippen LogP contribution in [0, 0.1) is 0 Å². The second-order valence-corrected chi connectivity index (χ2v) is 5.33. The summed E-state index contributed by atoms with van der Waals surface area (Å²) in [4.78, 5) is 21.3. The summed E-state index contributed by atoms with van der Waals surface area (Å²) in [5.41, 5.74) is 5.14. The summed E-state index contributed by atoms with van der Waals surface area (Å²) in [5, 5.41) is 17.5. The van der Waals surface area contributed by atoms with E-state index in [1.54, 1.807) is 10.8 Å². The van der Waals surface area contributed by atoms with Crippen molar-refractivity contribution >= 4 is 22.0 Å². The van der Waals surface area contributed by atoms with Crippen molar-refractivity contribution in [3.63, 3.8) is 0 Å². The van der Waals surface area contributed by atoms with Crippen molar-refractivity contribution in [2.45, 2.75) is 17.0 Å². The van der Waals surface area contributed by atoms with Gasteiger partial charge in [-0.3, -0.25) is 9.59 Å². The average Bonchev–Trinajstić information content (AvgIpc) is 2.36. The number of carboxylic acid groups (broad SMARTS) is 2. The van der Waals surface area contributed by atoms with Gasteiger partial charge in [-0.2, -0.15) is 4.72 Å². The number of hydrogen-bond donors (Lipinski definition) is 4. The van der Waals surface area contributed by atoms with E-state index in [0.717, 1.165) is 0 Å². The van der Waals surface area contributed by atoms with Crippen LogP contribution in [0.2, 0.25) is 0 Å². The Morgan fingerprint density at radius 3 is 2.05 bits per heavy atom. The molecule has 0 aliphatic rings. The number of nitrogens with one attached hydrogen (secondary N) is 1. The number of benzene rings is 1. The number of sulfonamides is 1. The number of carboxylic acids is 2. The highest BCUT2D eigenvalue weighted by atomic mass is 32.2. The van der Waals surface area contributed by atoms with E-state index >= 15 is 0 Å². The molecule has 0 saturated heterocycles. The molecular formula is C10H12N2O6S. The maximum absolute atomic E-state index is 11.9. The van der Waals surface area contributed by atoms with Crippen LogP contribution in [0.1, 0.15) is 0 Å². The van der Waals surface area contributed by atoms with E-state index in [4.69, 9.17) is 15.9 Å². The van der Waals surface area contributed by atoms with Crippen molar-refractivity contribution in [2.24, 2.45) is 5.73 Å². The highest BCUT2D eigenvalue weighted by molar-refractivity contribution is 7.89. The Kier molecular flexibility index (Phi) is 4.59. The van der Waals surface area contributed by atoms with Gasteiger partial charge in [0.05, 0.1) is 4.90 Å². The lowest BCUT2D eigenvalue weighted by Gasteiger charge is -2.18. The standard InChI is InChI=1S/C10H12N2O6S/c11-7(9(13)14)8(10(15)16)12-19(17,18)6-4-2-1-3-5-6/h1-5,7-8,12H,11H2,(H,13,14)(H,15,16). The van der Waals surface area contributed by atoms with Gasteiger partial charge in [0.2, 0.25) is 10.0 Å². The average molecular weight is 288 g/mol. The Bertz CT molecular complexity index is 571. The second kappa shape index (κ2) is 5.78. The Hall–Kier alpha value is -1.97. The van der Waals surface area contributed by atoms with Crippen LogP contribution in [-0.4, -0.2) is 42.7 Å². The lowest BCUT2D eigenvalue weighted by Crippen LogP contribution is -2.55. The SMILES string of the molecule is NC(C(=O)O)C(NS(=O)(=O)c1ccccc1)C(=O)O.